The lowest BCUT2D eigenvalue weighted by atomic mass is 10.1. The average molecular weight is 260 g/mol. The minimum absolute atomic E-state index is 0.0588. The van der Waals surface area contributed by atoms with Crippen molar-refractivity contribution in [2.75, 3.05) is 6.54 Å². The SMILES string of the molecule is NC(=O)CNC(=O)CCCCC1C=CSS1. The Balaban J connectivity index is 1.95. The summed E-state index contributed by atoms with van der Waals surface area (Å²) in [4.78, 5) is 21.6. The number of carbonyl (C=O) groups excluding carboxylic acids is 2. The van der Waals surface area contributed by atoms with E-state index in [-0.39, 0.29) is 12.5 Å². The van der Waals surface area contributed by atoms with Crippen LogP contribution in [-0.4, -0.2) is 23.6 Å². The van der Waals surface area contributed by atoms with Gasteiger partial charge in [-0.2, -0.15) is 0 Å². The Morgan fingerprint density at radius 1 is 1.38 bits per heavy atom. The number of amides is 2. The molecule has 0 spiro atoms. The number of hydrogen-bond donors (Lipinski definition) is 2. The standard InChI is InChI=1S/C10H16N2O2S2/c11-9(13)7-12-10(14)4-2-1-3-8-5-6-15-16-8/h5-6,8H,1-4,7H2,(H2,11,13)(H,12,14). The summed E-state index contributed by atoms with van der Waals surface area (Å²) in [5.41, 5.74) is 4.91. The summed E-state index contributed by atoms with van der Waals surface area (Å²) < 4.78 is 0. The van der Waals surface area contributed by atoms with Gasteiger partial charge in [-0.15, -0.1) is 0 Å². The zero-order chi connectivity index (χ0) is 11.8. The first-order chi connectivity index (χ1) is 7.68. The van der Waals surface area contributed by atoms with Gasteiger partial charge in [0.15, 0.2) is 0 Å². The van der Waals surface area contributed by atoms with Crippen LogP contribution in [0.2, 0.25) is 0 Å². The van der Waals surface area contributed by atoms with E-state index in [2.05, 4.69) is 16.8 Å². The van der Waals surface area contributed by atoms with Crippen molar-refractivity contribution >= 4 is 33.4 Å². The smallest absolute Gasteiger partial charge is 0.236 e. The van der Waals surface area contributed by atoms with Crippen LogP contribution in [-0.2, 0) is 9.59 Å². The Kier molecular flexibility index (Phi) is 6.40. The summed E-state index contributed by atoms with van der Waals surface area (Å²) in [5.74, 6) is -0.597. The molecule has 4 nitrogen and oxygen atoms in total. The quantitative estimate of drug-likeness (QED) is 0.536. The van der Waals surface area contributed by atoms with Crippen molar-refractivity contribution in [3.8, 4) is 0 Å². The first-order valence-corrected chi connectivity index (χ1v) is 7.50. The van der Waals surface area contributed by atoms with Crippen LogP contribution in [0.3, 0.4) is 0 Å². The molecule has 16 heavy (non-hydrogen) atoms. The Morgan fingerprint density at radius 3 is 2.81 bits per heavy atom. The third-order valence-corrected chi connectivity index (χ3v) is 4.56. The molecular weight excluding hydrogens is 244 g/mol. The number of carbonyl (C=O) groups is 2. The van der Waals surface area contributed by atoms with Crippen molar-refractivity contribution in [1.29, 1.82) is 0 Å². The second kappa shape index (κ2) is 7.62. The van der Waals surface area contributed by atoms with Crippen LogP contribution in [0.25, 0.3) is 0 Å². The number of primary amides is 1. The summed E-state index contributed by atoms with van der Waals surface area (Å²) >= 11 is 0. The molecule has 1 aliphatic heterocycles. The minimum Gasteiger partial charge on any atom is -0.368 e. The number of nitrogens with one attached hydrogen (secondary N) is 1. The van der Waals surface area contributed by atoms with E-state index in [1.165, 1.54) is 0 Å². The molecule has 0 saturated carbocycles. The first-order valence-electron chi connectivity index (χ1n) is 5.22. The van der Waals surface area contributed by atoms with E-state index in [1.807, 2.05) is 10.8 Å². The normalized spacial score (nSPS) is 18.6. The second-order valence-electron chi connectivity index (χ2n) is 3.55. The molecule has 0 aliphatic carbocycles. The van der Waals surface area contributed by atoms with Gasteiger partial charge in [0.2, 0.25) is 11.8 Å². The van der Waals surface area contributed by atoms with Gasteiger partial charge in [0.25, 0.3) is 0 Å². The van der Waals surface area contributed by atoms with Crippen LogP contribution < -0.4 is 11.1 Å². The molecule has 6 heteroatoms. The lowest BCUT2D eigenvalue weighted by Crippen LogP contribution is -2.33. The maximum absolute atomic E-state index is 11.2. The highest BCUT2D eigenvalue weighted by atomic mass is 33.1. The summed E-state index contributed by atoms with van der Waals surface area (Å²) in [6.45, 7) is -0.0588. The summed E-state index contributed by atoms with van der Waals surface area (Å²) in [5, 5.41) is 5.18. The predicted octanol–water partition coefficient (Wildman–Crippen LogP) is 1.43. The van der Waals surface area contributed by atoms with E-state index in [4.69, 9.17) is 5.73 Å². The van der Waals surface area contributed by atoms with Crippen LogP contribution in [0, 0.1) is 0 Å². The molecule has 1 atom stereocenters. The fraction of sp³-hybridized carbons (Fsp3) is 0.600. The maximum Gasteiger partial charge on any atom is 0.236 e. The predicted molar refractivity (Wildman–Crippen MR) is 68.8 cm³/mol. The fourth-order valence-electron chi connectivity index (χ4n) is 1.30. The van der Waals surface area contributed by atoms with Gasteiger partial charge >= 0.3 is 0 Å². The van der Waals surface area contributed by atoms with Crippen molar-refractivity contribution in [2.24, 2.45) is 5.73 Å². The van der Waals surface area contributed by atoms with Crippen molar-refractivity contribution in [1.82, 2.24) is 5.32 Å². The van der Waals surface area contributed by atoms with Crippen molar-refractivity contribution in [2.45, 2.75) is 30.9 Å². The van der Waals surface area contributed by atoms with Crippen molar-refractivity contribution in [3.05, 3.63) is 11.5 Å². The number of hydrogen-bond acceptors (Lipinski definition) is 4. The average Bonchev–Trinajstić information content (AvgIpc) is 2.74. The third-order valence-electron chi connectivity index (χ3n) is 2.13. The van der Waals surface area contributed by atoms with E-state index in [9.17, 15) is 9.59 Å². The fourth-order valence-corrected chi connectivity index (χ4v) is 3.56. The third kappa shape index (κ3) is 6.07. The first kappa shape index (κ1) is 13.4. The Hall–Kier alpha value is -0.620. The topological polar surface area (TPSA) is 72.2 Å². The largest absolute Gasteiger partial charge is 0.368 e. The van der Waals surface area contributed by atoms with E-state index in [0.717, 1.165) is 19.3 Å². The minimum atomic E-state index is -0.502. The van der Waals surface area contributed by atoms with Gasteiger partial charge in [0, 0.05) is 11.7 Å². The van der Waals surface area contributed by atoms with Crippen molar-refractivity contribution in [3.63, 3.8) is 0 Å². The molecule has 90 valence electrons. The van der Waals surface area contributed by atoms with Crippen molar-refractivity contribution < 1.29 is 9.59 Å². The van der Waals surface area contributed by atoms with Gasteiger partial charge in [0.05, 0.1) is 6.54 Å². The van der Waals surface area contributed by atoms with Gasteiger partial charge in [-0.1, -0.05) is 34.1 Å². The monoisotopic (exact) mass is 260 g/mol. The summed E-state index contributed by atoms with van der Waals surface area (Å²) in [6.07, 6.45) is 5.67. The zero-order valence-electron chi connectivity index (χ0n) is 8.98. The summed E-state index contributed by atoms with van der Waals surface area (Å²) in [6, 6.07) is 0. The molecule has 0 fully saturated rings. The molecule has 1 aliphatic rings. The van der Waals surface area contributed by atoms with Gasteiger partial charge in [-0.05, 0) is 18.2 Å². The Morgan fingerprint density at radius 2 is 2.19 bits per heavy atom. The number of unbranched alkanes of at least 4 members (excludes halogenated alkanes) is 1. The number of nitrogens with two attached hydrogens (primary N) is 1. The molecule has 0 bridgehead atoms. The maximum atomic E-state index is 11.2. The zero-order valence-corrected chi connectivity index (χ0v) is 10.6. The molecule has 0 aromatic carbocycles. The molecular formula is C10H16N2O2S2. The highest BCUT2D eigenvalue weighted by Gasteiger charge is 2.10. The van der Waals surface area contributed by atoms with Gasteiger partial charge in [-0.3, -0.25) is 9.59 Å². The Bertz CT molecular complexity index is 282. The molecule has 1 rings (SSSR count). The molecule has 0 radical (unpaired) electrons. The second-order valence-corrected chi connectivity index (χ2v) is 5.97. The van der Waals surface area contributed by atoms with Crippen LogP contribution in [0.15, 0.2) is 11.5 Å². The molecule has 0 aromatic rings. The molecule has 0 aromatic heterocycles. The molecule has 0 saturated heterocycles. The van der Waals surface area contributed by atoms with E-state index < -0.39 is 5.91 Å². The molecule has 1 unspecified atom stereocenters. The van der Waals surface area contributed by atoms with E-state index in [0.29, 0.717) is 11.7 Å². The van der Waals surface area contributed by atoms with E-state index in [1.54, 1.807) is 10.8 Å². The molecule has 2 amide bonds. The van der Waals surface area contributed by atoms with Gasteiger partial charge in [-0.25, -0.2) is 0 Å². The van der Waals surface area contributed by atoms with Crippen LogP contribution in [0.4, 0.5) is 0 Å². The highest BCUT2D eigenvalue weighted by Crippen LogP contribution is 2.37. The Labute approximate surface area is 103 Å². The van der Waals surface area contributed by atoms with E-state index >= 15 is 0 Å². The van der Waals surface area contributed by atoms with Crippen LogP contribution in [0.1, 0.15) is 25.7 Å². The van der Waals surface area contributed by atoms with Crippen LogP contribution >= 0.6 is 21.6 Å². The number of rotatable bonds is 7. The summed E-state index contributed by atoms with van der Waals surface area (Å²) in [7, 11) is 3.62. The lowest BCUT2D eigenvalue weighted by molar-refractivity contribution is -0.124. The lowest BCUT2D eigenvalue weighted by Gasteiger charge is -2.05. The molecule has 3 N–H and O–H groups in total. The van der Waals surface area contributed by atoms with Gasteiger partial charge < -0.3 is 11.1 Å². The van der Waals surface area contributed by atoms with Crippen LogP contribution in [0.5, 0.6) is 0 Å². The highest BCUT2D eigenvalue weighted by molar-refractivity contribution is 8.78. The molecule has 1 heterocycles. The van der Waals surface area contributed by atoms with Gasteiger partial charge in [0.1, 0.15) is 0 Å².